The van der Waals surface area contributed by atoms with Crippen LogP contribution in [0.25, 0.3) is 22.2 Å². The summed E-state index contributed by atoms with van der Waals surface area (Å²) in [5, 5.41) is 4.00. The summed E-state index contributed by atoms with van der Waals surface area (Å²) >= 11 is 1.34. The Morgan fingerprint density at radius 2 is 1.96 bits per heavy atom. The van der Waals surface area contributed by atoms with Crippen molar-refractivity contribution in [3.8, 4) is 22.2 Å². The van der Waals surface area contributed by atoms with Crippen molar-refractivity contribution in [3.05, 3.63) is 41.3 Å². The Labute approximate surface area is 157 Å². The minimum absolute atomic E-state index is 0.301. The van der Waals surface area contributed by atoms with Gasteiger partial charge < -0.3 is 4.52 Å². The molecule has 0 radical (unpaired) electrons. The molecule has 1 aromatic carbocycles. The molecule has 0 aliphatic heterocycles. The van der Waals surface area contributed by atoms with E-state index in [0.29, 0.717) is 32.9 Å². The van der Waals surface area contributed by atoms with Gasteiger partial charge in [0, 0.05) is 24.0 Å². The number of aryl methyl sites for hydroxylation is 1. The number of hydrogen-bond acceptors (Lipinski definition) is 6. The molecule has 138 valence electrons. The molecule has 0 saturated carbocycles. The Morgan fingerprint density at radius 1 is 1.23 bits per heavy atom. The fraction of sp³-hybridized carbons (Fsp3) is 0.333. The van der Waals surface area contributed by atoms with Crippen molar-refractivity contribution in [2.24, 2.45) is 0 Å². The van der Waals surface area contributed by atoms with Crippen LogP contribution in [-0.4, -0.2) is 36.5 Å². The van der Waals surface area contributed by atoms with Gasteiger partial charge in [0.15, 0.2) is 0 Å². The summed E-state index contributed by atoms with van der Waals surface area (Å²) in [5.41, 5.74) is 0.850. The molecule has 3 rings (SSSR count). The minimum atomic E-state index is -3.52. The Bertz CT molecular complexity index is 978. The molecule has 0 unspecified atom stereocenters. The van der Waals surface area contributed by atoms with Crippen LogP contribution in [-0.2, 0) is 10.0 Å². The largest absolute Gasteiger partial charge is 0.333 e. The van der Waals surface area contributed by atoms with Crippen molar-refractivity contribution >= 4 is 21.4 Å². The lowest BCUT2D eigenvalue weighted by Gasteiger charge is -2.16. The summed E-state index contributed by atoms with van der Waals surface area (Å²) in [5.74, 6) is 0.811. The quantitative estimate of drug-likeness (QED) is 0.603. The van der Waals surface area contributed by atoms with E-state index in [2.05, 4.69) is 10.1 Å². The second kappa shape index (κ2) is 7.69. The third-order valence-corrected chi connectivity index (χ3v) is 7.21. The first kappa shape index (κ1) is 18.8. The zero-order chi connectivity index (χ0) is 18.7. The van der Waals surface area contributed by atoms with Gasteiger partial charge in [0.2, 0.25) is 15.8 Å². The predicted octanol–water partition coefficient (Wildman–Crippen LogP) is 4.19. The van der Waals surface area contributed by atoms with Gasteiger partial charge in [-0.25, -0.2) is 12.7 Å². The Morgan fingerprint density at radius 3 is 2.65 bits per heavy atom. The standard InChI is InChI=1S/C18H21N3O3S2/c1-4-5-11-21(3)26(22,23)16-12-15(25-13(16)2)18-19-17(20-24-18)14-9-7-6-8-10-14/h6-10,12H,4-5,11H2,1-3H3. The van der Waals surface area contributed by atoms with Crippen LogP contribution in [0.3, 0.4) is 0 Å². The van der Waals surface area contributed by atoms with E-state index in [1.54, 1.807) is 20.0 Å². The lowest BCUT2D eigenvalue weighted by molar-refractivity contribution is 0.433. The molecule has 2 aromatic heterocycles. The van der Waals surface area contributed by atoms with Crippen molar-refractivity contribution in [2.75, 3.05) is 13.6 Å². The molecule has 0 atom stereocenters. The number of rotatable bonds is 7. The van der Waals surface area contributed by atoms with Gasteiger partial charge in [-0.1, -0.05) is 48.8 Å². The van der Waals surface area contributed by atoms with E-state index in [1.165, 1.54) is 15.6 Å². The number of unbranched alkanes of at least 4 members (excludes halogenated alkanes) is 1. The molecule has 0 amide bonds. The summed E-state index contributed by atoms with van der Waals surface area (Å²) in [4.78, 5) is 6.07. The molecule has 0 spiro atoms. The van der Waals surface area contributed by atoms with E-state index in [4.69, 9.17) is 4.52 Å². The molecule has 0 fully saturated rings. The maximum absolute atomic E-state index is 12.8. The Kier molecular flexibility index (Phi) is 5.55. The molecular weight excluding hydrogens is 370 g/mol. The van der Waals surface area contributed by atoms with E-state index >= 15 is 0 Å². The average molecular weight is 392 g/mol. The summed E-state index contributed by atoms with van der Waals surface area (Å²) in [7, 11) is -1.91. The zero-order valence-electron chi connectivity index (χ0n) is 15.0. The second-order valence-corrected chi connectivity index (χ2v) is 9.27. The second-order valence-electron chi connectivity index (χ2n) is 6.00. The van der Waals surface area contributed by atoms with Gasteiger partial charge in [-0.3, -0.25) is 0 Å². The topological polar surface area (TPSA) is 76.3 Å². The van der Waals surface area contributed by atoms with Gasteiger partial charge in [-0.2, -0.15) is 4.98 Å². The lowest BCUT2D eigenvalue weighted by Crippen LogP contribution is -2.28. The highest BCUT2D eigenvalue weighted by molar-refractivity contribution is 7.89. The van der Waals surface area contributed by atoms with E-state index in [0.717, 1.165) is 18.4 Å². The molecule has 0 N–H and O–H groups in total. The number of hydrogen-bond donors (Lipinski definition) is 0. The maximum Gasteiger partial charge on any atom is 0.268 e. The fourth-order valence-electron chi connectivity index (χ4n) is 2.52. The molecule has 0 bridgehead atoms. The van der Waals surface area contributed by atoms with Crippen LogP contribution in [0.2, 0.25) is 0 Å². The van der Waals surface area contributed by atoms with E-state index in [1.807, 2.05) is 37.3 Å². The maximum atomic E-state index is 12.8. The van der Waals surface area contributed by atoms with E-state index < -0.39 is 10.0 Å². The van der Waals surface area contributed by atoms with Gasteiger partial charge >= 0.3 is 0 Å². The van der Waals surface area contributed by atoms with Crippen molar-refractivity contribution < 1.29 is 12.9 Å². The Hall–Kier alpha value is -2.03. The van der Waals surface area contributed by atoms with Gasteiger partial charge in [0.05, 0.1) is 9.77 Å². The summed E-state index contributed by atoms with van der Waals surface area (Å²) in [6, 6.07) is 11.1. The van der Waals surface area contributed by atoms with Crippen LogP contribution in [0.4, 0.5) is 0 Å². The lowest BCUT2D eigenvalue weighted by atomic mass is 10.2. The highest BCUT2D eigenvalue weighted by Gasteiger charge is 2.26. The number of aromatic nitrogens is 2. The third kappa shape index (κ3) is 3.72. The van der Waals surface area contributed by atoms with E-state index in [-0.39, 0.29) is 0 Å². The minimum Gasteiger partial charge on any atom is -0.333 e. The highest BCUT2D eigenvalue weighted by Crippen LogP contribution is 2.34. The van der Waals surface area contributed by atoms with Gasteiger partial charge in [0.25, 0.3) is 5.89 Å². The highest BCUT2D eigenvalue weighted by atomic mass is 32.2. The van der Waals surface area contributed by atoms with E-state index in [9.17, 15) is 8.42 Å². The van der Waals surface area contributed by atoms with Gasteiger partial charge in [-0.15, -0.1) is 11.3 Å². The summed E-state index contributed by atoms with van der Waals surface area (Å²) < 4.78 is 32.3. The van der Waals surface area contributed by atoms with Crippen LogP contribution in [0.15, 0.2) is 45.8 Å². The fourth-order valence-corrected chi connectivity index (χ4v) is 5.21. The van der Waals surface area contributed by atoms with Crippen LogP contribution in [0.5, 0.6) is 0 Å². The van der Waals surface area contributed by atoms with Crippen LogP contribution in [0.1, 0.15) is 24.6 Å². The van der Waals surface area contributed by atoms with Crippen LogP contribution < -0.4 is 0 Å². The first-order valence-electron chi connectivity index (χ1n) is 8.39. The predicted molar refractivity (Wildman–Crippen MR) is 103 cm³/mol. The summed E-state index contributed by atoms with van der Waals surface area (Å²) in [6.45, 7) is 4.33. The smallest absolute Gasteiger partial charge is 0.268 e. The first-order valence-corrected chi connectivity index (χ1v) is 10.7. The van der Waals surface area contributed by atoms with Crippen molar-refractivity contribution in [3.63, 3.8) is 0 Å². The van der Waals surface area contributed by atoms with Crippen LogP contribution >= 0.6 is 11.3 Å². The van der Waals surface area contributed by atoms with Crippen molar-refractivity contribution in [1.82, 2.24) is 14.4 Å². The third-order valence-electron chi connectivity index (χ3n) is 4.06. The number of benzene rings is 1. The Balaban J connectivity index is 1.90. The zero-order valence-corrected chi connectivity index (χ0v) is 16.6. The monoisotopic (exact) mass is 391 g/mol. The number of thiophene rings is 1. The molecule has 6 nitrogen and oxygen atoms in total. The number of sulfonamides is 1. The molecule has 2 heterocycles. The normalized spacial score (nSPS) is 12.0. The molecular formula is C18H21N3O3S2. The molecule has 3 aromatic rings. The molecule has 8 heteroatoms. The molecule has 26 heavy (non-hydrogen) atoms. The van der Waals surface area contributed by atoms with Gasteiger partial charge in [-0.05, 0) is 19.4 Å². The number of nitrogens with zero attached hydrogens (tertiary/aromatic N) is 3. The average Bonchev–Trinajstić information content (AvgIpc) is 3.27. The van der Waals surface area contributed by atoms with Gasteiger partial charge in [0.1, 0.15) is 0 Å². The van der Waals surface area contributed by atoms with Crippen molar-refractivity contribution in [2.45, 2.75) is 31.6 Å². The molecule has 0 saturated heterocycles. The SMILES string of the molecule is CCCCN(C)S(=O)(=O)c1cc(-c2nc(-c3ccccc3)no2)sc1C. The molecule has 0 aliphatic carbocycles. The van der Waals surface area contributed by atoms with Crippen molar-refractivity contribution in [1.29, 1.82) is 0 Å². The first-order chi connectivity index (χ1) is 12.4. The molecule has 0 aliphatic rings. The summed E-state index contributed by atoms with van der Waals surface area (Å²) in [6.07, 6.45) is 1.77. The van der Waals surface area contributed by atoms with Crippen LogP contribution in [0, 0.1) is 6.92 Å².